The number of rotatable bonds is 9. The summed E-state index contributed by atoms with van der Waals surface area (Å²) < 4.78 is 5.38. The molecule has 0 heterocycles. The number of para-hydroxylation sites is 1. The summed E-state index contributed by atoms with van der Waals surface area (Å²) >= 11 is 4.37. The van der Waals surface area contributed by atoms with Gasteiger partial charge in [-0.3, -0.25) is 9.59 Å². The first-order chi connectivity index (χ1) is 17.9. The number of thiol groups is 1. The number of carbonyl (C=O) groups excluding carboxylic acids is 3. The predicted molar refractivity (Wildman–Crippen MR) is 155 cm³/mol. The number of carbonyl (C=O) groups is 3. The summed E-state index contributed by atoms with van der Waals surface area (Å²) in [7, 11) is 0. The highest BCUT2D eigenvalue weighted by Gasteiger charge is 2.42. The first-order valence-corrected chi connectivity index (χ1v) is 13.6. The number of benzene rings is 2. The Hall–Kier alpha value is -3.26. The number of ether oxygens (including phenoxy) is 1. The molecular weight excluding hydrogens is 498 g/mol. The van der Waals surface area contributed by atoms with Crippen molar-refractivity contribution in [3.05, 3.63) is 71.3 Å². The monoisotopic (exact) mass is 537 g/mol. The van der Waals surface area contributed by atoms with Gasteiger partial charge >= 0.3 is 6.09 Å². The van der Waals surface area contributed by atoms with Gasteiger partial charge in [0.25, 0.3) is 5.91 Å². The van der Waals surface area contributed by atoms with E-state index in [0.717, 1.165) is 41.6 Å². The highest BCUT2D eigenvalue weighted by Crippen LogP contribution is 2.35. The standard InChI is InChI=1S/C30H39N3O4S/c1-7-21-13-9-14-22(17-21)26(27(34)32-25-19(2)11-8-12-20(25)3)33(23-15-10-16-23)28(35)24(18-38)31-29(36)37-30(4,5)6/h7-9,11-14,17,23-24,26,38H,1,10,15-16,18H2,2-6H3,(H,31,36)(H,32,34). The van der Waals surface area contributed by atoms with E-state index >= 15 is 0 Å². The number of hydrogen-bond donors (Lipinski definition) is 3. The molecule has 0 aromatic heterocycles. The maximum atomic E-state index is 14.1. The topological polar surface area (TPSA) is 87.7 Å². The van der Waals surface area contributed by atoms with Crippen molar-refractivity contribution in [2.45, 2.75) is 77.6 Å². The molecule has 3 rings (SSSR count). The Balaban J connectivity index is 2.04. The largest absolute Gasteiger partial charge is 0.444 e. The molecule has 2 aromatic carbocycles. The van der Waals surface area contributed by atoms with Gasteiger partial charge in [-0.2, -0.15) is 12.6 Å². The summed E-state index contributed by atoms with van der Waals surface area (Å²) in [5.41, 5.74) is 3.37. The van der Waals surface area contributed by atoms with E-state index in [1.807, 2.05) is 56.3 Å². The lowest BCUT2D eigenvalue weighted by atomic mass is 9.88. The van der Waals surface area contributed by atoms with E-state index in [-0.39, 0.29) is 23.6 Å². The summed E-state index contributed by atoms with van der Waals surface area (Å²) in [6.07, 6.45) is 3.50. The van der Waals surface area contributed by atoms with Gasteiger partial charge in [0.1, 0.15) is 17.7 Å². The number of nitrogens with zero attached hydrogens (tertiary/aromatic N) is 1. The number of nitrogens with one attached hydrogen (secondary N) is 2. The van der Waals surface area contributed by atoms with Crippen LogP contribution in [0.25, 0.3) is 6.08 Å². The molecule has 1 aliphatic carbocycles. The molecular formula is C30H39N3O4S. The van der Waals surface area contributed by atoms with Crippen LogP contribution in [0.15, 0.2) is 49.0 Å². The van der Waals surface area contributed by atoms with Gasteiger partial charge in [0.15, 0.2) is 0 Å². The van der Waals surface area contributed by atoms with Crippen molar-refractivity contribution in [2.75, 3.05) is 11.1 Å². The Morgan fingerprint density at radius 3 is 2.29 bits per heavy atom. The zero-order valence-electron chi connectivity index (χ0n) is 22.9. The minimum atomic E-state index is -0.966. The molecule has 0 aliphatic heterocycles. The molecule has 1 saturated carbocycles. The molecule has 2 aromatic rings. The average molecular weight is 538 g/mol. The van der Waals surface area contributed by atoms with E-state index in [1.165, 1.54) is 0 Å². The zero-order chi connectivity index (χ0) is 28.0. The lowest BCUT2D eigenvalue weighted by molar-refractivity contribution is -0.145. The highest BCUT2D eigenvalue weighted by molar-refractivity contribution is 7.80. The van der Waals surface area contributed by atoms with Crippen molar-refractivity contribution in [3.63, 3.8) is 0 Å². The maximum absolute atomic E-state index is 14.1. The van der Waals surface area contributed by atoms with Crippen molar-refractivity contribution >= 4 is 42.3 Å². The van der Waals surface area contributed by atoms with Crippen LogP contribution < -0.4 is 10.6 Å². The molecule has 3 amide bonds. The average Bonchev–Trinajstić information content (AvgIpc) is 2.82. The van der Waals surface area contributed by atoms with Crippen LogP contribution in [0.5, 0.6) is 0 Å². The van der Waals surface area contributed by atoms with Gasteiger partial charge in [-0.05, 0) is 82.2 Å². The van der Waals surface area contributed by atoms with E-state index in [2.05, 4.69) is 29.8 Å². The molecule has 8 heteroatoms. The summed E-state index contributed by atoms with van der Waals surface area (Å²) in [5.74, 6) is -0.639. The van der Waals surface area contributed by atoms with Gasteiger partial charge in [-0.15, -0.1) is 0 Å². The molecule has 0 radical (unpaired) electrons. The fourth-order valence-electron chi connectivity index (χ4n) is 4.50. The van der Waals surface area contributed by atoms with Crippen molar-refractivity contribution in [3.8, 4) is 0 Å². The number of aryl methyl sites for hydroxylation is 2. The number of alkyl carbamates (subject to hydrolysis) is 1. The highest BCUT2D eigenvalue weighted by atomic mass is 32.1. The fourth-order valence-corrected chi connectivity index (χ4v) is 4.74. The number of hydrogen-bond acceptors (Lipinski definition) is 5. The van der Waals surface area contributed by atoms with E-state index < -0.39 is 23.8 Å². The lowest BCUT2D eigenvalue weighted by Crippen LogP contribution is -2.57. The van der Waals surface area contributed by atoms with Crippen LogP contribution in [-0.4, -0.2) is 46.2 Å². The fraction of sp³-hybridized carbons (Fsp3) is 0.433. The molecule has 1 aliphatic rings. The normalized spacial score (nSPS) is 15.0. The number of amides is 3. The maximum Gasteiger partial charge on any atom is 0.408 e. The summed E-state index contributed by atoms with van der Waals surface area (Å²) in [6, 6.07) is 11.2. The molecule has 2 N–H and O–H groups in total. The Bertz CT molecular complexity index is 1170. The Morgan fingerprint density at radius 2 is 1.76 bits per heavy atom. The van der Waals surface area contributed by atoms with Gasteiger partial charge < -0.3 is 20.3 Å². The zero-order valence-corrected chi connectivity index (χ0v) is 23.8. The van der Waals surface area contributed by atoms with Crippen LogP contribution in [0.3, 0.4) is 0 Å². The lowest BCUT2D eigenvalue weighted by Gasteiger charge is -2.43. The van der Waals surface area contributed by atoms with E-state index in [1.54, 1.807) is 31.7 Å². The van der Waals surface area contributed by atoms with Gasteiger partial charge in [0, 0.05) is 17.5 Å². The minimum absolute atomic E-state index is 0.0548. The Labute approximate surface area is 231 Å². The molecule has 2 unspecified atom stereocenters. The van der Waals surface area contributed by atoms with Crippen LogP contribution in [0.2, 0.25) is 0 Å². The molecule has 38 heavy (non-hydrogen) atoms. The van der Waals surface area contributed by atoms with E-state index in [0.29, 0.717) is 5.56 Å². The van der Waals surface area contributed by atoms with Gasteiger partial charge in [0.2, 0.25) is 5.91 Å². The van der Waals surface area contributed by atoms with Crippen molar-refractivity contribution in [1.29, 1.82) is 0 Å². The Kier molecular flexibility index (Phi) is 9.66. The van der Waals surface area contributed by atoms with Crippen LogP contribution >= 0.6 is 12.6 Å². The van der Waals surface area contributed by atoms with Crippen molar-refractivity contribution < 1.29 is 19.1 Å². The second-order valence-electron chi connectivity index (χ2n) is 10.7. The first-order valence-electron chi connectivity index (χ1n) is 13.0. The van der Waals surface area contributed by atoms with Gasteiger partial charge in [-0.25, -0.2) is 4.79 Å². The molecule has 7 nitrogen and oxygen atoms in total. The summed E-state index contributed by atoms with van der Waals surface area (Å²) in [5, 5.41) is 5.76. The van der Waals surface area contributed by atoms with E-state index in [4.69, 9.17) is 4.74 Å². The quantitative estimate of drug-likeness (QED) is 0.351. The molecule has 0 bridgehead atoms. The van der Waals surface area contributed by atoms with Gasteiger partial charge in [-0.1, -0.05) is 49.1 Å². The van der Waals surface area contributed by atoms with Crippen LogP contribution in [0.4, 0.5) is 10.5 Å². The van der Waals surface area contributed by atoms with Crippen molar-refractivity contribution in [1.82, 2.24) is 10.2 Å². The summed E-state index contributed by atoms with van der Waals surface area (Å²) in [6.45, 7) is 13.0. The molecule has 1 fully saturated rings. The third kappa shape index (κ3) is 7.19. The third-order valence-electron chi connectivity index (χ3n) is 6.61. The molecule has 2 atom stereocenters. The molecule has 0 spiro atoms. The van der Waals surface area contributed by atoms with E-state index in [9.17, 15) is 14.4 Å². The van der Waals surface area contributed by atoms with Gasteiger partial charge in [0.05, 0.1) is 0 Å². The SMILES string of the molecule is C=Cc1cccc(C(C(=O)Nc2c(C)cccc2C)N(C(=O)C(CS)NC(=O)OC(C)(C)C)C2CCC2)c1. The van der Waals surface area contributed by atoms with Crippen LogP contribution in [0, 0.1) is 13.8 Å². The first kappa shape index (κ1) is 29.3. The van der Waals surface area contributed by atoms with Crippen LogP contribution in [0.1, 0.15) is 68.3 Å². The molecule has 204 valence electrons. The van der Waals surface area contributed by atoms with Crippen molar-refractivity contribution in [2.24, 2.45) is 0 Å². The third-order valence-corrected chi connectivity index (χ3v) is 6.98. The minimum Gasteiger partial charge on any atom is -0.444 e. The number of anilines is 1. The second kappa shape index (κ2) is 12.5. The Morgan fingerprint density at radius 1 is 1.13 bits per heavy atom. The second-order valence-corrected chi connectivity index (χ2v) is 11.1. The molecule has 0 saturated heterocycles. The van der Waals surface area contributed by atoms with Crippen LogP contribution in [-0.2, 0) is 14.3 Å². The predicted octanol–water partition coefficient (Wildman–Crippen LogP) is 5.83. The summed E-state index contributed by atoms with van der Waals surface area (Å²) in [4.78, 5) is 42.3. The smallest absolute Gasteiger partial charge is 0.408 e.